The van der Waals surface area contributed by atoms with Crippen molar-refractivity contribution in [2.75, 3.05) is 9.80 Å². The number of thiophene rings is 2. The molecular formula is C49H46N2S2. The van der Waals surface area contributed by atoms with E-state index in [-0.39, 0.29) is 0 Å². The first kappa shape index (κ1) is 36.0. The smallest absolute Gasteiger partial charge is 0.1000 e. The van der Waals surface area contributed by atoms with Crippen LogP contribution >= 0.6 is 22.7 Å². The topological polar surface area (TPSA) is 6.48 Å². The van der Waals surface area contributed by atoms with E-state index in [1.54, 1.807) is 22.7 Å². The molecule has 0 amide bonds. The predicted molar refractivity (Wildman–Crippen MR) is 238 cm³/mol. The van der Waals surface area contributed by atoms with Gasteiger partial charge in [-0.3, -0.25) is 0 Å². The lowest BCUT2D eigenvalue weighted by atomic mass is 9.92. The van der Waals surface area contributed by atoms with Gasteiger partial charge in [-0.05, 0) is 108 Å². The number of nitrogens with zero attached hydrogens (tertiary/aromatic N) is 2. The van der Waals surface area contributed by atoms with E-state index in [2.05, 4.69) is 181 Å². The summed E-state index contributed by atoms with van der Waals surface area (Å²) in [5.74, 6) is 0. The highest BCUT2D eigenvalue weighted by Crippen LogP contribution is 2.54. The van der Waals surface area contributed by atoms with Crippen molar-refractivity contribution in [1.82, 2.24) is 0 Å². The molecule has 0 atom stereocenters. The molecule has 264 valence electrons. The fourth-order valence-electron chi connectivity index (χ4n) is 7.34. The quantitative estimate of drug-likeness (QED) is 0.124. The van der Waals surface area contributed by atoms with Gasteiger partial charge in [0.2, 0.25) is 0 Å². The molecule has 0 aliphatic heterocycles. The zero-order valence-corrected chi connectivity index (χ0v) is 33.3. The summed E-state index contributed by atoms with van der Waals surface area (Å²) in [6.07, 6.45) is 0. The van der Waals surface area contributed by atoms with Gasteiger partial charge in [0.15, 0.2) is 0 Å². The molecule has 2 heterocycles. The first-order chi connectivity index (χ1) is 26.1. The average molecular weight is 727 g/mol. The fourth-order valence-corrected chi connectivity index (χ4v) is 8.84. The molecule has 0 saturated heterocycles. The Labute approximate surface area is 322 Å². The van der Waals surface area contributed by atoms with Gasteiger partial charge in [-0.15, -0.1) is 22.7 Å². The molecule has 4 heteroatoms. The largest absolute Gasteiger partial charge is 0.300 e. The molecule has 0 bridgehead atoms. The van der Waals surface area contributed by atoms with Crippen LogP contribution in [0.1, 0.15) is 44.4 Å². The molecule has 2 aromatic heterocycles. The highest BCUT2D eigenvalue weighted by atomic mass is 32.1. The zero-order chi connectivity index (χ0) is 37.1. The summed E-state index contributed by atoms with van der Waals surface area (Å²) >= 11 is 3.56. The van der Waals surface area contributed by atoms with Crippen molar-refractivity contribution in [1.29, 1.82) is 0 Å². The maximum absolute atomic E-state index is 2.52. The molecule has 9 aromatic rings. The lowest BCUT2D eigenvalue weighted by molar-refractivity contribution is 1.32. The number of fused-ring (bicyclic) bond motifs is 4. The summed E-state index contributed by atoms with van der Waals surface area (Å²) in [7, 11) is 0. The van der Waals surface area contributed by atoms with E-state index in [0.717, 1.165) is 0 Å². The maximum Gasteiger partial charge on any atom is 0.1000 e. The number of hydrogen-bond donors (Lipinski definition) is 0. The fraction of sp³-hybridized carbons (Fsp3) is 0.143. The third-order valence-electron chi connectivity index (χ3n) is 9.74. The summed E-state index contributed by atoms with van der Waals surface area (Å²) in [5, 5.41) is 16.6. The van der Waals surface area contributed by atoms with Crippen LogP contribution in [-0.4, -0.2) is 0 Å². The molecule has 9 rings (SSSR count). The van der Waals surface area contributed by atoms with E-state index in [1.807, 2.05) is 27.7 Å². The Morgan fingerprint density at radius 1 is 0.377 bits per heavy atom. The van der Waals surface area contributed by atoms with Gasteiger partial charge in [0, 0.05) is 32.3 Å². The third kappa shape index (κ3) is 6.47. The molecule has 0 N–H and O–H groups in total. The van der Waals surface area contributed by atoms with Crippen LogP contribution in [-0.2, 0) is 0 Å². The van der Waals surface area contributed by atoms with Crippen molar-refractivity contribution in [2.45, 2.75) is 48.5 Å². The van der Waals surface area contributed by atoms with E-state index in [0.29, 0.717) is 0 Å². The second-order valence-electron chi connectivity index (χ2n) is 12.8. The Kier molecular flexibility index (Phi) is 10.6. The van der Waals surface area contributed by atoms with Crippen LogP contribution < -0.4 is 9.80 Å². The molecule has 7 aromatic carbocycles. The number of anilines is 6. The summed E-state index contributed by atoms with van der Waals surface area (Å²) < 4.78 is 0. The van der Waals surface area contributed by atoms with Crippen molar-refractivity contribution in [3.05, 3.63) is 167 Å². The number of rotatable bonds is 6. The third-order valence-corrected chi connectivity index (χ3v) is 11.5. The van der Waals surface area contributed by atoms with E-state index >= 15 is 0 Å². The highest BCUT2D eigenvalue weighted by Gasteiger charge is 2.28. The Bertz CT molecular complexity index is 2640. The van der Waals surface area contributed by atoms with Crippen LogP contribution in [0.4, 0.5) is 32.8 Å². The lowest BCUT2D eigenvalue weighted by Gasteiger charge is -2.33. The molecular weight excluding hydrogens is 681 g/mol. The van der Waals surface area contributed by atoms with Crippen LogP contribution in [0.15, 0.2) is 150 Å². The van der Waals surface area contributed by atoms with Crippen molar-refractivity contribution in [2.24, 2.45) is 0 Å². The molecule has 53 heavy (non-hydrogen) atoms. The van der Waals surface area contributed by atoms with Gasteiger partial charge in [0.05, 0.1) is 32.8 Å². The Morgan fingerprint density at radius 2 is 0.811 bits per heavy atom. The second kappa shape index (κ2) is 15.7. The molecule has 0 aliphatic carbocycles. The van der Waals surface area contributed by atoms with E-state index in [9.17, 15) is 0 Å². The molecule has 0 unspecified atom stereocenters. The summed E-state index contributed by atoms with van der Waals surface area (Å²) in [4.78, 5) is 5.03. The van der Waals surface area contributed by atoms with Gasteiger partial charge < -0.3 is 9.80 Å². The summed E-state index contributed by atoms with van der Waals surface area (Å²) in [5.41, 5.74) is 8.58. The van der Waals surface area contributed by atoms with Crippen molar-refractivity contribution in [3.8, 4) is 0 Å². The molecule has 0 aliphatic rings. The van der Waals surface area contributed by atoms with Gasteiger partial charge in [-0.1, -0.05) is 118 Å². The normalized spacial score (nSPS) is 10.9. The molecule has 2 nitrogen and oxygen atoms in total. The van der Waals surface area contributed by atoms with Gasteiger partial charge in [-0.2, -0.15) is 0 Å². The number of hydrogen-bond acceptors (Lipinski definition) is 4. The van der Waals surface area contributed by atoms with Crippen molar-refractivity contribution in [3.63, 3.8) is 0 Å². The standard InChI is InChI=1S/C45H34N2S2.2C2H6/c1-29-22-23-36-37(26-29)45(47(43-21-11-25-49-43)41-19-9-15-33-13-5-7-17-35(33)41)39-28-31(3)30(2)27-38(39)44(36)46(42-20-10-24-48-42)40-18-8-14-32-12-4-6-16-34(32)40;2*1-2/h4-28H,1-3H3;2*1-2H3. The Balaban J connectivity index is 0.00000105. The monoisotopic (exact) mass is 726 g/mol. The second-order valence-corrected chi connectivity index (χ2v) is 14.7. The van der Waals surface area contributed by atoms with Gasteiger partial charge >= 0.3 is 0 Å². The van der Waals surface area contributed by atoms with Crippen LogP contribution in [0, 0.1) is 20.8 Å². The van der Waals surface area contributed by atoms with Crippen LogP contribution in [0.5, 0.6) is 0 Å². The lowest BCUT2D eigenvalue weighted by Crippen LogP contribution is -2.14. The average Bonchev–Trinajstić information content (AvgIpc) is 3.94. The van der Waals surface area contributed by atoms with Crippen LogP contribution in [0.3, 0.4) is 0 Å². The minimum Gasteiger partial charge on any atom is -0.300 e. The van der Waals surface area contributed by atoms with Gasteiger partial charge in [-0.25, -0.2) is 0 Å². The minimum absolute atomic E-state index is 1.18. The van der Waals surface area contributed by atoms with Gasteiger partial charge in [0.25, 0.3) is 0 Å². The molecule has 0 radical (unpaired) electrons. The number of benzene rings is 7. The van der Waals surface area contributed by atoms with E-state index in [1.165, 1.54) is 92.5 Å². The van der Waals surface area contributed by atoms with E-state index in [4.69, 9.17) is 0 Å². The van der Waals surface area contributed by atoms with Gasteiger partial charge in [0.1, 0.15) is 0 Å². The first-order valence-electron chi connectivity index (χ1n) is 18.7. The Morgan fingerprint density at radius 3 is 1.28 bits per heavy atom. The Hall–Kier alpha value is -5.42. The molecule has 0 fully saturated rings. The molecule has 0 spiro atoms. The maximum atomic E-state index is 2.52. The van der Waals surface area contributed by atoms with E-state index < -0.39 is 0 Å². The highest BCUT2D eigenvalue weighted by molar-refractivity contribution is 7.14. The minimum atomic E-state index is 1.18. The molecule has 0 saturated carbocycles. The van der Waals surface area contributed by atoms with Crippen LogP contribution in [0.25, 0.3) is 43.1 Å². The summed E-state index contributed by atoms with van der Waals surface area (Å²) in [6.45, 7) is 14.7. The summed E-state index contributed by atoms with van der Waals surface area (Å²) in [6, 6.07) is 51.5. The van der Waals surface area contributed by atoms with Crippen LogP contribution in [0.2, 0.25) is 0 Å². The first-order valence-corrected chi connectivity index (χ1v) is 20.4. The predicted octanol–water partition coefficient (Wildman–Crippen LogP) is 16.3. The SMILES string of the molecule is CC.CC.Cc1ccc2c(N(c3cccs3)c3cccc4ccccc34)c3cc(C)c(C)cc3c(N(c3cccs3)c3cccc4ccccc34)c2c1. The van der Waals surface area contributed by atoms with Crippen molar-refractivity contribution < 1.29 is 0 Å². The van der Waals surface area contributed by atoms with Crippen molar-refractivity contribution >= 4 is 98.5 Å². The zero-order valence-electron chi connectivity index (χ0n) is 31.6. The number of aryl methyl sites for hydroxylation is 3.